The van der Waals surface area contributed by atoms with Gasteiger partial charge in [-0.1, -0.05) is 20.8 Å². The summed E-state index contributed by atoms with van der Waals surface area (Å²) in [5.41, 5.74) is 0.119. The Labute approximate surface area is 90.6 Å². The first kappa shape index (κ1) is 10.7. The molecule has 2 rings (SSSR count). The van der Waals surface area contributed by atoms with Crippen molar-refractivity contribution >= 4 is 6.09 Å². The predicted octanol–water partition coefficient (Wildman–Crippen LogP) is 1.37. The van der Waals surface area contributed by atoms with Crippen molar-refractivity contribution in [3.8, 4) is 0 Å². The Morgan fingerprint density at radius 1 is 1.53 bits per heavy atom. The third-order valence-corrected chi connectivity index (χ3v) is 4.16. The van der Waals surface area contributed by atoms with Crippen LogP contribution in [0, 0.1) is 11.3 Å². The van der Waals surface area contributed by atoms with Crippen LogP contribution in [0.1, 0.15) is 27.2 Å². The smallest absolute Gasteiger partial charge is 0.407 e. The van der Waals surface area contributed by atoms with E-state index in [2.05, 4.69) is 26.1 Å². The van der Waals surface area contributed by atoms with Gasteiger partial charge in [0, 0.05) is 25.2 Å². The van der Waals surface area contributed by atoms with Gasteiger partial charge in [0.2, 0.25) is 0 Å². The van der Waals surface area contributed by atoms with E-state index in [0.29, 0.717) is 19.0 Å². The molecule has 2 atom stereocenters. The van der Waals surface area contributed by atoms with Crippen LogP contribution < -0.4 is 5.32 Å². The van der Waals surface area contributed by atoms with Gasteiger partial charge in [-0.3, -0.25) is 0 Å². The van der Waals surface area contributed by atoms with Gasteiger partial charge in [-0.25, -0.2) is 4.79 Å². The number of nitrogens with one attached hydrogen (secondary N) is 1. The number of rotatable bonds is 0. The van der Waals surface area contributed by atoms with Crippen molar-refractivity contribution in [2.24, 2.45) is 11.3 Å². The number of hydrogen-bond donors (Lipinski definition) is 2. The average molecular weight is 212 g/mol. The van der Waals surface area contributed by atoms with E-state index < -0.39 is 6.09 Å². The second-order valence-corrected chi connectivity index (χ2v) is 5.79. The number of piperidine rings is 1. The van der Waals surface area contributed by atoms with Gasteiger partial charge < -0.3 is 15.3 Å². The van der Waals surface area contributed by atoms with Crippen LogP contribution in [0.15, 0.2) is 0 Å². The SMILES string of the molecule is CC(C)(C)[C@]12CN(C(=O)O)CC[C@H]1CN2. The summed E-state index contributed by atoms with van der Waals surface area (Å²) in [5.74, 6) is 0.646. The fourth-order valence-corrected chi connectivity index (χ4v) is 3.00. The summed E-state index contributed by atoms with van der Waals surface area (Å²) >= 11 is 0. The number of carbonyl (C=O) groups is 1. The molecule has 2 heterocycles. The molecule has 1 amide bonds. The number of amides is 1. The van der Waals surface area contributed by atoms with E-state index in [-0.39, 0.29) is 11.0 Å². The van der Waals surface area contributed by atoms with Gasteiger partial charge in [0.05, 0.1) is 0 Å². The third-order valence-electron chi connectivity index (χ3n) is 4.16. The van der Waals surface area contributed by atoms with Crippen molar-refractivity contribution < 1.29 is 9.90 Å². The van der Waals surface area contributed by atoms with Gasteiger partial charge in [-0.15, -0.1) is 0 Å². The molecule has 0 spiro atoms. The fraction of sp³-hybridized carbons (Fsp3) is 0.909. The van der Waals surface area contributed by atoms with Crippen molar-refractivity contribution in [3.63, 3.8) is 0 Å². The molecule has 15 heavy (non-hydrogen) atoms. The normalized spacial score (nSPS) is 35.7. The van der Waals surface area contributed by atoms with E-state index in [4.69, 9.17) is 5.11 Å². The Bertz CT molecular complexity index is 285. The molecule has 0 aliphatic carbocycles. The minimum atomic E-state index is -0.786. The van der Waals surface area contributed by atoms with Crippen molar-refractivity contribution in [1.82, 2.24) is 10.2 Å². The quantitative estimate of drug-likeness (QED) is 0.637. The van der Waals surface area contributed by atoms with Crippen LogP contribution in [0.5, 0.6) is 0 Å². The van der Waals surface area contributed by atoms with E-state index in [1.54, 1.807) is 4.90 Å². The molecule has 2 N–H and O–H groups in total. The van der Waals surface area contributed by atoms with E-state index in [1.165, 1.54) is 0 Å². The van der Waals surface area contributed by atoms with Crippen LogP contribution in [0.25, 0.3) is 0 Å². The fourth-order valence-electron chi connectivity index (χ4n) is 3.00. The Morgan fingerprint density at radius 2 is 2.20 bits per heavy atom. The lowest BCUT2D eigenvalue weighted by Gasteiger charge is -2.62. The average Bonchev–Trinajstić information content (AvgIpc) is 2.04. The molecule has 86 valence electrons. The number of fused-ring (bicyclic) bond motifs is 1. The topological polar surface area (TPSA) is 52.6 Å². The first-order valence-corrected chi connectivity index (χ1v) is 5.60. The highest BCUT2D eigenvalue weighted by molar-refractivity contribution is 5.65. The van der Waals surface area contributed by atoms with Crippen LogP contribution in [0.2, 0.25) is 0 Å². The zero-order valence-corrected chi connectivity index (χ0v) is 9.71. The molecular formula is C11H20N2O2. The highest BCUT2D eigenvalue weighted by Crippen LogP contribution is 2.46. The minimum absolute atomic E-state index is 0.00361. The van der Waals surface area contributed by atoms with Gasteiger partial charge in [0.25, 0.3) is 0 Å². The number of carboxylic acid groups (broad SMARTS) is 1. The maximum absolute atomic E-state index is 11.0. The van der Waals surface area contributed by atoms with Crippen molar-refractivity contribution in [2.75, 3.05) is 19.6 Å². The summed E-state index contributed by atoms with van der Waals surface area (Å²) in [6, 6.07) is 0. The van der Waals surface area contributed by atoms with E-state index in [0.717, 1.165) is 13.0 Å². The zero-order valence-electron chi connectivity index (χ0n) is 9.71. The lowest BCUT2D eigenvalue weighted by Crippen LogP contribution is -2.77. The van der Waals surface area contributed by atoms with Gasteiger partial charge in [-0.2, -0.15) is 0 Å². The summed E-state index contributed by atoms with van der Waals surface area (Å²) in [7, 11) is 0. The highest BCUT2D eigenvalue weighted by Gasteiger charge is 2.56. The summed E-state index contributed by atoms with van der Waals surface area (Å²) < 4.78 is 0. The lowest BCUT2D eigenvalue weighted by atomic mass is 9.58. The van der Waals surface area contributed by atoms with E-state index >= 15 is 0 Å². The summed E-state index contributed by atoms with van der Waals surface area (Å²) in [4.78, 5) is 12.5. The molecule has 4 nitrogen and oxygen atoms in total. The molecular weight excluding hydrogens is 192 g/mol. The summed E-state index contributed by atoms with van der Waals surface area (Å²) in [6.07, 6.45) is 0.210. The molecule has 0 bridgehead atoms. The third kappa shape index (κ3) is 1.42. The molecule has 0 unspecified atom stereocenters. The number of hydrogen-bond acceptors (Lipinski definition) is 2. The highest BCUT2D eigenvalue weighted by atomic mass is 16.4. The van der Waals surface area contributed by atoms with Crippen LogP contribution in [-0.4, -0.2) is 41.3 Å². The summed E-state index contributed by atoms with van der Waals surface area (Å²) in [5, 5.41) is 12.5. The molecule has 2 aliphatic rings. The Hall–Kier alpha value is -0.770. The van der Waals surface area contributed by atoms with Crippen molar-refractivity contribution in [1.29, 1.82) is 0 Å². The van der Waals surface area contributed by atoms with Gasteiger partial charge in [0.1, 0.15) is 0 Å². The molecule has 2 fully saturated rings. The molecule has 4 heteroatoms. The van der Waals surface area contributed by atoms with Crippen LogP contribution >= 0.6 is 0 Å². The number of nitrogens with zero attached hydrogens (tertiary/aromatic N) is 1. The van der Waals surface area contributed by atoms with Crippen LogP contribution in [0.4, 0.5) is 4.79 Å². The van der Waals surface area contributed by atoms with Crippen LogP contribution in [0.3, 0.4) is 0 Å². The van der Waals surface area contributed by atoms with Crippen LogP contribution in [-0.2, 0) is 0 Å². The second-order valence-electron chi connectivity index (χ2n) is 5.79. The molecule has 0 saturated carbocycles. The minimum Gasteiger partial charge on any atom is -0.465 e. The molecule has 0 aromatic carbocycles. The second kappa shape index (κ2) is 3.11. The van der Waals surface area contributed by atoms with Gasteiger partial charge in [0.15, 0.2) is 0 Å². The maximum atomic E-state index is 11.0. The zero-order chi connectivity index (χ0) is 11.3. The molecule has 0 aromatic rings. The summed E-state index contributed by atoms with van der Waals surface area (Å²) in [6.45, 7) is 8.95. The van der Waals surface area contributed by atoms with Crippen molar-refractivity contribution in [2.45, 2.75) is 32.7 Å². The Kier molecular flexibility index (Phi) is 2.23. The Balaban J connectivity index is 2.19. The molecule has 2 saturated heterocycles. The monoisotopic (exact) mass is 212 g/mol. The Morgan fingerprint density at radius 3 is 2.60 bits per heavy atom. The molecule has 2 aliphatic heterocycles. The first-order chi connectivity index (χ1) is 6.87. The molecule has 0 aromatic heterocycles. The predicted molar refractivity (Wildman–Crippen MR) is 57.9 cm³/mol. The van der Waals surface area contributed by atoms with Gasteiger partial charge in [-0.05, 0) is 17.8 Å². The van der Waals surface area contributed by atoms with Gasteiger partial charge >= 0.3 is 6.09 Å². The van der Waals surface area contributed by atoms with E-state index in [9.17, 15) is 4.79 Å². The standard InChI is InChI=1S/C11H20N2O2/c1-10(2,3)11-7-13(9(14)15)5-4-8(11)6-12-11/h8,12H,4-7H2,1-3H3,(H,14,15)/t8-,11-/m0/s1. The number of likely N-dealkylation sites (tertiary alicyclic amines) is 1. The lowest BCUT2D eigenvalue weighted by molar-refractivity contribution is -0.0636. The largest absolute Gasteiger partial charge is 0.465 e. The van der Waals surface area contributed by atoms with Crippen molar-refractivity contribution in [3.05, 3.63) is 0 Å². The van der Waals surface area contributed by atoms with E-state index in [1.807, 2.05) is 0 Å². The maximum Gasteiger partial charge on any atom is 0.407 e. The molecule has 0 radical (unpaired) electrons. The first-order valence-electron chi connectivity index (χ1n) is 5.60.